The van der Waals surface area contributed by atoms with Crippen molar-refractivity contribution < 1.29 is 9.90 Å². The molecule has 19 heavy (non-hydrogen) atoms. The number of carbonyl (C=O) groups is 1. The molecule has 0 spiro atoms. The van der Waals surface area contributed by atoms with Crippen LogP contribution in [0.25, 0.3) is 16.6 Å². The monoisotopic (exact) mass is 273 g/mol. The van der Waals surface area contributed by atoms with Crippen LogP contribution in [0.15, 0.2) is 42.7 Å². The summed E-state index contributed by atoms with van der Waals surface area (Å²) in [6.07, 6.45) is 3.00. The first-order chi connectivity index (χ1) is 9.18. The zero-order valence-corrected chi connectivity index (χ0v) is 10.4. The second kappa shape index (κ2) is 4.37. The summed E-state index contributed by atoms with van der Waals surface area (Å²) in [7, 11) is 0. The molecule has 0 aliphatic heterocycles. The molecule has 6 heteroatoms. The van der Waals surface area contributed by atoms with E-state index in [4.69, 9.17) is 16.7 Å². The molecule has 5 nitrogen and oxygen atoms in total. The number of carboxylic acids is 1. The fourth-order valence-electron chi connectivity index (χ4n) is 1.89. The van der Waals surface area contributed by atoms with Crippen LogP contribution in [0.3, 0.4) is 0 Å². The molecule has 94 valence electrons. The van der Waals surface area contributed by atoms with Gasteiger partial charge < -0.3 is 5.11 Å². The number of nitrogens with zero attached hydrogens (tertiary/aromatic N) is 3. The first kappa shape index (κ1) is 11.7. The Balaban J connectivity index is 2.26. The van der Waals surface area contributed by atoms with Crippen LogP contribution in [0, 0.1) is 0 Å². The zero-order valence-electron chi connectivity index (χ0n) is 9.62. The zero-order chi connectivity index (χ0) is 13.4. The molecule has 2 aromatic heterocycles. The lowest BCUT2D eigenvalue weighted by atomic mass is 10.2. The average molecular weight is 274 g/mol. The Morgan fingerprint density at radius 1 is 1.21 bits per heavy atom. The summed E-state index contributed by atoms with van der Waals surface area (Å²) in [5, 5.41) is 13.9. The lowest BCUT2D eigenvalue weighted by molar-refractivity contribution is 0.0691. The van der Waals surface area contributed by atoms with Gasteiger partial charge in [0.2, 0.25) is 0 Å². The van der Waals surface area contributed by atoms with Crippen molar-refractivity contribution in [3.63, 3.8) is 0 Å². The van der Waals surface area contributed by atoms with Gasteiger partial charge in [0.25, 0.3) is 0 Å². The van der Waals surface area contributed by atoms with E-state index < -0.39 is 5.97 Å². The molecule has 0 atom stereocenters. The van der Waals surface area contributed by atoms with Gasteiger partial charge in [0.15, 0.2) is 5.69 Å². The summed E-state index contributed by atoms with van der Waals surface area (Å²) >= 11 is 6.04. The first-order valence-corrected chi connectivity index (χ1v) is 5.87. The number of pyridine rings is 1. The van der Waals surface area contributed by atoms with Gasteiger partial charge >= 0.3 is 5.97 Å². The number of aromatic nitrogens is 3. The van der Waals surface area contributed by atoms with Gasteiger partial charge in [-0.2, -0.15) is 5.10 Å². The predicted octanol–water partition coefficient (Wildman–Crippen LogP) is 2.77. The van der Waals surface area contributed by atoms with E-state index in [1.165, 1.54) is 6.20 Å². The number of rotatable bonds is 2. The molecular weight excluding hydrogens is 266 g/mol. The van der Waals surface area contributed by atoms with Crippen LogP contribution >= 0.6 is 11.6 Å². The Bertz CT molecular complexity index is 768. The molecule has 3 rings (SSSR count). The molecule has 0 aliphatic carbocycles. The fraction of sp³-hybridized carbons (Fsp3) is 0. The molecule has 0 radical (unpaired) electrons. The van der Waals surface area contributed by atoms with Gasteiger partial charge in [0, 0.05) is 5.39 Å². The van der Waals surface area contributed by atoms with Crippen molar-refractivity contribution >= 4 is 28.5 Å². The third-order valence-electron chi connectivity index (χ3n) is 2.77. The van der Waals surface area contributed by atoms with Crippen LogP contribution in [-0.4, -0.2) is 25.8 Å². The number of para-hydroxylation sites is 1. The third-order valence-corrected chi connectivity index (χ3v) is 3.15. The van der Waals surface area contributed by atoms with Gasteiger partial charge in [-0.3, -0.25) is 0 Å². The smallest absolute Gasteiger partial charge is 0.356 e. The number of aromatic carboxylic acids is 1. The Morgan fingerprint density at radius 3 is 2.63 bits per heavy atom. The molecule has 2 heterocycles. The van der Waals surface area contributed by atoms with Crippen molar-refractivity contribution in [1.82, 2.24) is 14.8 Å². The number of hydrogen-bond acceptors (Lipinski definition) is 3. The first-order valence-electron chi connectivity index (χ1n) is 5.49. The van der Waals surface area contributed by atoms with Crippen molar-refractivity contribution in [1.29, 1.82) is 0 Å². The van der Waals surface area contributed by atoms with E-state index in [-0.39, 0.29) is 10.7 Å². The Hall–Kier alpha value is -2.40. The Morgan fingerprint density at radius 2 is 1.95 bits per heavy atom. The van der Waals surface area contributed by atoms with Crippen LogP contribution in [0.2, 0.25) is 5.02 Å². The summed E-state index contributed by atoms with van der Waals surface area (Å²) in [6.45, 7) is 0. The van der Waals surface area contributed by atoms with Gasteiger partial charge in [-0.15, -0.1) is 0 Å². The topological polar surface area (TPSA) is 68.0 Å². The number of fused-ring (bicyclic) bond motifs is 1. The molecule has 0 fully saturated rings. The van der Waals surface area contributed by atoms with Crippen molar-refractivity contribution in [3.8, 4) is 5.69 Å². The van der Waals surface area contributed by atoms with E-state index in [1.54, 1.807) is 10.9 Å². The molecule has 1 N–H and O–H groups in total. The standard InChI is InChI=1S/C13H8ClN3O2/c14-11-9-6-16-17(8-4-2-1-3-5-8)10(9)7-15-12(11)13(18)19/h1-7H,(H,18,19). The lowest BCUT2D eigenvalue weighted by Crippen LogP contribution is -2.02. The third kappa shape index (κ3) is 1.84. The van der Waals surface area contributed by atoms with Crippen LogP contribution in [-0.2, 0) is 0 Å². The highest BCUT2D eigenvalue weighted by Gasteiger charge is 2.16. The maximum absolute atomic E-state index is 11.0. The second-order valence-electron chi connectivity index (χ2n) is 3.92. The van der Waals surface area contributed by atoms with E-state index in [1.807, 2.05) is 30.3 Å². The van der Waals surface area contributed by atoms with Crippen molar-refractivity contribution in [2.75, 3.05) is 0 Å². The maximum Gasteiger partial charge on any atom is 0.356 e. The van der Waals surface area contributed by atoms with Crippen molar-refractivity contribution in [2.45, 2.75) is 0 Å². The van der Waals surface area contributed by atoms with Gasteiger partial charge in [-0.1, -0.05) is 29.8 Å². The molecule has 3 aromatic rings. The SMILES string of the molecule is O=C(O)c1ncc2c(cnn2-c2ccccc2)c1Cl. The Kier molecular flexibility index (Phi) is 2.68. The normalized spacial score (nSPS) is 10.8. The maximum atomic E-state index is 11.0. The summed E-state index contributed by atoms with van der Waals surface area (Å²) in [4.78, 5) is 14.8. The summed E-state index contributed by atoms with van der Waals surface area (Å²) in [6, 6.07) is 9.48. The van der Waals surface area contributed by atoms with Crippen LogP contribution in [0.4, 0.5) is 0 Å². The fourth-order valence-corrected chi connectivity index (χ4v) is 2.16. The van der Waals surface area contributed by atoms with E-state index in [9.17, 15) is 4.79 Å². The van der Waals surface area contributed by atoms with E-state index in [0.717, 1.165) is 5.69 Å². The molecule has 0 aliphatic rings. The highest BCUT2D eigenvalue weighted by molar-refractivity contribution is 6.37. The summed E-state index contributed by atoms with van der Waals surface area (Å²) in [5.74, 6) is -1.15. The number of carboxylic acid groups (broad SMARTS) is 1. The number of benzene rings is 1. The van der Waals surface area contributed by atoms with E-state index in [0.29, 0.717) is 10.9 Å². The van der Waals surface area contributed by atoms with Crippen LogP contribution < -0.4 is 0 Å². The average Bonchev–Trinajstić information content (AvgIpc) is 2.84. The highest BCUT2D eigenvalue weighted by Crippen LogP contribution is 2.27. The van der Waals surface area contributed by atoms with Gasteiger partial charge in [-0.05, 0) is 12.1 Å². The van der Waals surface area contributed by atoms with Crippen molar-refractivity contribution in [2.24, 2.45) is 0 Å². The molecule has 0 saturated heterocycles. The summed E-state index contributed by atoms with van der Waals surface area (Å²) in [5.41, 5.74) is 1.36. The van der Waals surface area contributed by atoms with Gasteiger partial charge in [-0.25, -0.2) is 14.5 Å². The van der Waals surface area contributed by atoms with Crippen LogP contribution in [0.5, 0.6) is 0 Å². The molecular formula is C13H8ClN3O2. The van der Waals surface area contributed by atoms with E-state index in [2.05, 4.69) is 10.1 Å². The summed E-state index contributed by atoms with van der Waals surface area (Å²) < 4.78 is 1.67. The molecule has 0 bridgehead atoms. The minimum atomic E-state index is -1.15. The second-order valence-corrected chi connectivity index (χ2v) is 4.29. The number of hydrogen-bond donors (Lipinski definition) is 1. The predicted molar refractivity (Wildman–Crippen MR) is 70.8 cm³/mol. The molecule has 0 unspecified atom stereocenters. The van der Waals surface area contributed by atoms with Gasteiger partial charge in [0.05, 0.1) is 28.6 Å². The highest BCUT2D eigenvalue weighted by atomic mass is 35.5. The number of halogens is 1. The Labute approximate surface area is 113 Å². The van der Waals surface area contributed by atoms with E-state index >= 15 is 0 Å². The van der Waals surface area contributed by atoms with Crippen molar-refractivity contribution in [3.05, 3.63) is 53.4 Å². The van der Waals surface area contributed by atoms with Crippen LogP contribution in [0.1, 0.15) is 10.5 Å². The van der Waals surface area contributed by atoms with Gasteiger partial charge in [0.1, 0.15) is 0 Å². The molecule has 0 saturated carbocycles. The quantitative estimate of drug-likeness (QED) is 0.779. The molecule has 0 amide bonds. The lowest BCUT2D eigenvalue weighted by Gasteiger charge is -2.04. The minimum Gasteiger partial charge on any atom is -0.476 e. The minimum absolute atomic E-state index is 0.104. The largest absolute Gasteiger partial charge is 0.476 e. The molecule has 1 aromatic carbocycles.